The van der Waals surface area contributed by atoms with Gasteiger partial charge in [0.25, 0.3) is 0 Å². The molecule has 1 aromatic rings. The molecule has 0 bridgehead atoms. The summed E-state index contributed by atoms with van der Waals surface area (Å²) in [7, 11) is 0. The van der Waals surface area contributed by atoms with Crippen LogP contribution in [0.2, 0.25) is 5.02 Å². The fourth-order valence-electron chi connectivity index (χ4n) is 1.54. The van der Waals surface area contributed by atoms with Gasteiger partial charge in [0.2, 0.25) is 0 Å². The van der Waals surface area contributed by atoms with Crippen LogP contribution in [0.5, 0.6) is 0 Å². The third-order valence-corrected chi connectivity index (χ3v) is 2.91. The van der Waals surface area contributed by atoms with Crippen LogP contribution in [0.4, 0.5) is 5.69 Å². The lowest BCUT2D eigenvalue weighted by atomic mass is 9.96. The van der Waals surface area contributed by atoms with Crippen LogP contribution in [0.15, 0.2) is 12.1 Å². The van der Waals surface area contributed by atoms with E-state index >= 15 is 0 Å². The molecule has 0 saturated carbocycles. The van der Waals surface area contributed by atoms with Gasteiger partial charge in [-0.05, 0) is 37.1 Å². The second-order valence-electron chi connectivity index (χ2n) is 3.53. The number of halogens is 1. The summed E-state index contributed by atoms with van der Waals surface area (Å²) in [5, 5.41) is 4.10. The average Bonchev–Trinajstić information content (AvgIpc) is 1.96. The third-order valence-electron chi connectivity index (χ3n) is 2.58. The zero-order valence-electron chi connectivity index (χ0n) is 7.60. The zero-order valence-corrected chi connectivity index (χ0v) is 8.36. The second-order valence-corrected chi connectivity index (χ2v) is 3.93. The van der Waals surface area contributed by atoms with E-state index in [1.807, 2.05) is 13.0 Å². The molecule has 1 aromatic carbocycles. The van der Waals surface area contributed by atoms with Crippen LogP contribution in [-0.2, 0) is 0 Å². The molecule has 1 saturated heterocycles. The van der Waals surface area contributed by atoms with Gasteiger partial charge in [0.05, 0.1) is 0 Å². The molecule has 1 heterocycles. The Bertz CT molecular complexity index is 332. The summed E-state index contributed by atoms with van der Waals surface area (Å²) in [6, 6.07) is 4.35. The fraction of sp³-hybridized carbons (Fsp3) is 0.400. The van der Waals surface area contributed by atoms with E-state index in [4.69, 9.17) is 17.3 Å². The molecule has 1 unspecified atom stereocenters. The molecule has 1 atom stereocenters. The summed E-state index contributed by atoms with van der Waals surface area (Å²) < 4.78 is 0. The molecule has 0 spiro atoms. The zero-order chi connectivity index (χ0) is 9.42. The van der Waals surface area contributed by atoms with E-state index in [2.05, 4.69) is 11.4 Å². The molecule has 2 nitrogen and oxygen atoms in total. The number of aryl methyl sites for hydroxylation is 1. The highest BCUT2D eigenvalue weighted by Crippen LogP contribution is 2.32. The standard InChI is InChI=1S/C10H13ClN2/c1-6-4-7(10-2-3-13-10)8(11)5-9(6)12/h4-5,10,13H,2-3,12H2,1H3. The second kappa shape index (κ2) is 3.20. The Morgan fingerprint density at radius 3 is 2.77 bits per heavy atom. The lowest BCUT2D eigenvalue weighted by Crippen LogP contribution is -2.35. The molecule has 0 aromatic heterocycles. The molecule has 1 aliphatic heterocycles. The number of nitrogen functional groups attached to an aromatic ring is 1. The summed E-state index contributed by atoms with van der Waals surface area (Å²) >= 11 is 6.09. The smallest absolute Gasteiger partial charge is 0.0474 e. The van der Waals surface area contributed by atoms with E-state index in [0.717, 1.165) is 22.8 Å². The molecule has 0 radical (unpaired) electrons. The van der Waals surface area contributed by atoms with Crippen molar-refractivity contribution < 1.29 is 0 Å². The Kier molecular flexibility index (Phi) is 2.18. The van der Waals surface area contributed by atoms with E-state index in [1.165, 1.54) is 12.0 Å². The van der Waals surface area contributed by atoms with E-state index in [0.29, 0.717) is 6.04 Å². The number of nitrogens with two attached hydrogens (primary N) is 1. The topological polar surface area (TPSA) is 38.0 Å². The van der Waals surface area contributed by atoms with Crippen molar-refractivity contribution in [2.45, 2.75) is 19.4 Å². The fourth-order valence-corrected chi connectivity index (χ4v) is 1.84. The molecule has 3 N–H and O–H groups in total. The molecule has 13 heavy (non-hydrogen) atoms. The van der Waals surface area contributed by atoms with Crippen molar-refractivity contribution in [1.29, 1.82) is 0 Å². The van der Waals surface area contributed by atoms with Gasteiger partial charge < -0.3 is 11.1 Å². The predicted octanol–water partition coefficient (Wildman–Crippen LogP) is 2.27. The highest BCUT2D eigenvalue weighted by molar-refractivity contribution is 6.31. The van der Waals surface area contributed by atoms with Gasteiger partial charge in [-0.2, -0.15) is 0 Å². The Morgan fingerprint density at radius 2 is 2.23 bits per heavy atom. The van der Waals surface area contributed by atoms with Crippen molar-refractivity contribution >= 4 is 17.3 Å². The SMILES string of the molecule is Cc1cc(C2CCN2)c(Cl)cc1N. The lowest BCUT2D eigenvalue weighted by molar-refractivity contribution is 0.383. The van der Waals surface area contributed by atoms with Gasteiger partial charge in [-0.1, -0.05) is 17.7 Å². The first-order valence-corrected chi connectivity index (χ1v) is 4.85. The predicted molar refractivity (Wildman–Crippen MR) is 56.0 cm³/mol. The van der Waals surface area contributed by atoms with Gasteiger partial charge >= 0.3 is 0 Å². The number of benzene rings is 1. The average molecular weight is 197 g/mol. The van der Waals surface area contributed by atoms with Crippen LogP contribution in [0, 0.1) is 6.92 Å². The number of hydrogen-bond donors (Lipinski definition) is 2. The quantitative estimate of drug-likeness (QED) is 0.677. The molecule has 0 amide bonds. The summed E-state index contributed by atoms with van der Waals surface area (Å²) in [5.41, 5.74) is 8.80. The lowest BCUT2D eigenvalue weighted by Gasteiger charge is -2.29. The molecular weight excluding hydrogens is 184 g/mol. The van der Waals surface area contributed by atoms with Crippen molar-refractivity contribution in [2.75, 3.05) is 12.3 Å². The van der Waals surface area contributed by atoms with Crippen LogP contribution in [-0.4, -0.2) is 6.54 Å². The minimum Gasteiger partial charge on any atom is -0.398 e. The normalized spacial score (nSPS) is 21.2. The van der Waals surface area contributed by atoms with Crippen LogP contribution in [0.25, 0.3) is 0 Å². The van der Waals surface area contributed by atoms with Gasteiger partial charge in [-0.15, -0.1) is 0 Å². The number of nitrogens with one attached hydrogen (secondary N) is 1. The largest absolute Gasteiger partial charge is 0.398 e. The number of hydrogen-bond acceptors (Lipinski definition) is 2. The highest BCUT2D eigenvalue weighted by Gasteiger charge is 2.21. The molecular formula is C10H13ClN2. The number of anilines is 1. The van der Waals surface area contributed by atoms with Gasteiger partial charge in [-0.3, -0.25) is 0 Å². The maximum atomic E-state index is 6.09. The summed E-state index contributed by atoms with van der Waals surface area (Å²) in [6.07, 6.45) is 1.17. The van der Waals surface area contributed by atoms with Crippen molar-refractivity contribution in [3.63, 3.8) is 0 Å². The van der Waals surface area contributed by atoms with Crippen molar-refractivity contribution in [2.24, 2.45) is 0 Å². The van der Waals surface area contributed by atoms with Gasteiger partial charge in [-0.25, -0.2) is 0 Å². The van der Waals surface area contributed by atoms with Crippen LogP contribution < -0.4 is 11.1 Å². The Morgan fingerprint density at radius 1 is 1.54 bits per heavy atom. The molecule has 1 fully saturated rings. The Hall–Kier alpha value is -0.730. The molecule has 1 aliphatic rings. The Balaban J connectivity index is 2.39. The molecule has 0 aliphatic carbocycles. The first-order chi connectivity index (χ1) is 6.18. The van der Waals surface area contributed by atoms with Crippen molar-refractivity contribution in [1.82, 2.24) is 5.32 Å². The third kappa shape index (κ3) is 1.52. The van der Waals surface area contributed by atoms with Crippen molar-refractivity contribution in [3.05, 3.63) is 28.3 Å². The van der Waals surface area contributed by atoms with E-state index in [-0.39, 0.29) is 0 Å². The van der Waals surface area contributed by atoms with Gasteiger partial charge in [0, 0.05) is 16.8 Å². The van der Waals surface area contributed by atoms with Gasteiger partial charge in [0.15, 0.2) is 0 Å². The summed E-state index contributed by atoms with van der Waals surface area (Å²) in [5.74, 6) is 0. The molecule has 3 heteroatoms. The maximum absolute atomic E-state index is 6.09. The maximum Gasteiger partial charge on any atom is 0.0474 e. The minimum absolute atomic E-state index is 0.437. The van der Waals surface area contributed by atoms with Crippen molar-refractivity contribution in [3.8, 4) is 0 Å². The van der Waals surface area contributed by atoms with E-state index < -0.39 is 0 Å². The van der Waals surface area contributed by atoms with E-state index in [1.54, 1.807) is 0 Å². The monoisotopic (exact) mass is 196 g/mol. The van der Waals surface area contributed by atoms with Crippen LogP contribution in [0.1, 0.15) is 23.6 Å². The summed E-state index contributed by atoms with van der Waals surface area (Å²) in [6.45, 7) is 3.10. The van der Waals surface area contributed by atoms with Crippen LogP contribution >= 0.6 is 11.6 Å². The highest BCUT2D eigenvalue weighted by atomic mass is 35.5. The molecule has 2 rings (SSSR count). The van der Waals surface area contributed by atoms with Gasteiger partial charge in [0.1, 0.15) is 0 Å². The first kappa shape index (κ1) is 8.85. The van der Waals surface area contributed by atoms with E-state index in [9.17, 15) is 0 Å². The first-order valence-electron chi connectivity index (χ1n) is 4.47. The molecule has 70 valence electrons. The summed E-state index contributed by atoms with van der Waals surface area (Å²) in [4.78, 5) is 0. The Labute approximate surface area is 83.1 Å². The van der Waals surface area contributed by atoms with Crippen LogP contribution in [0.3, 0.4) is 0 Å². The number of rotatable bonds is 1. The minimum atomic E-state index is 0.437.